The van der Waals surface area contributed by atoms with Gasteiger partial charge in [-0.2, -0.15) is 0 Å². The van der Waals surface area contributed by atoms with Crippen LogP contribution in [-0.4, -0.2) is 34.2 Å². The van der Waals surface area contributed by atoms with Crippen molar-refractivity contribution in [3.8, 4) is 0 Å². The van der Waals surface area contributed by atoms with Crippen LogP contribution in [0.2, 0.25) is 0 Å². The van der Waals surface area contributed by atoms with Gasteiger partial charge in [-0.1, -0.05) is 18.2 Å². The molecular formula is C11H12N2O5. The Bertz CT molecular complexity index is 446. The van der Waals surface area contributed by atoms with Crippen molar-refractivity contribution in [3.63, 3.8) is 0 Å². The lowest BCUT2D eigenvalue weighted by molar-refractivity contribution is -0.145. The average Bonchev–Trinajstić information content (AvgIpc) is 2.28. The number of carboxylic acid groups (broad SMARTS) is 2. The van der Waals surface area contributed by atoms with Crippen LogP contribution < -0.4 is 10.6 Å². The van der Waals surface area contributed by atoms with Crippen molar-refractivity contribution in [1.29, 1.82) is 0 Å². The van der Waals surface area contributed by atoms with E-state index in [0.717, 1.165) is 0 Å². The zero-order valence-corrected chi connectivity index (χ0v) is 9.29. The summed E-state index contributed by atoms with van der Waals surface area (Å²) in [7, 11) is 0. The Morgan fingerprint density at radius 1 is 1.11 bits per heavy atom. The summed E-state index contributed by atoms with van der Waals surface area (Å²) in [5, 5.41) is 21.7. The molecule has 1 rings (SSSR count). The van der Waals surface area contributed by atoms with Gasteiger partial charge < -0.3 is 20.8 Å². The summed E-state index contributed by atoms with van der Waals surface area (Å²) in [4.78, 5) is 32.6. The number of hydrogen-bond donors (Lipinski definition) is 4. The number of hydrogen-bond acceptors (Lipinski definition) is 3. The summed E-state index contributed by atoms with van der Waals surface area (Å²) >= 11 is 0. The van der Waals surface area contributed by atoms with Crippen LogP contribution >= 0.6 is 0 Å². The van der Waals surface area contributed by atoms with Gasteiger partial charge in [0.2, 0.25) is 0 Å². The van der Waals surface area contributed by atoms with E-state index in [1.54, 1.807) is 30.3 Å². The Morgan fingerprint density at radius 3 is 2.22 bits per heavy atom. The van der Waals surface area contributed by atoms with E-state index in [-0.39, 0.29) is 0 Å². The summed E-state index contributed by atoms with van der Waals surface area (Å²) in [6, 6.07) is 6.15. The number of rotatable bonds is 5. The molecule has 0 aliphatic heterocycles. The van der Waals surface area contributed by atoms with Crippen molar-refractivity contribution in [3.05, 3.63) is 30.3 Å². The van der Waals surface area contributed by atoms with Crippen LogP contribution in [0.25, 0.3) is 0 Å². The zero-order chi connectivity index (χ0) is 13.5. The van der Waals surface area contributed by atoms with Crippen LogP contribution in [0.15, 0.2) is 30.3 Å². The lowest BCUT2D eigenvalue weighted by Gasteiger charge is -2.13. The minimum atomic E-state index is -1.47. The van der Waals surface area contributed by atoms with Crippen LogP contribution in [-0.2, 0) is 9.59 Å². The van der Waals surface area contributed by atoms with Crippen LogP contribution in [0.1, 0.15) is 6.42 Å². The highest BCUT2D eigenvalue weighted by Crippen LogP contribution is 2.04. The molecular weight excluding hydrogens is 240 g/mol. The first-order valence-corrected chi connectivity index (χ1v) is 5.06. The SMILES string of the molecule is O=C(O)CC(NC(=O)Nc1ccccc1)C(=O)O. The maximum atomic E-state index is 11.4. The highest BCUT2D eigenvalue weighted by molar-refractivity contribution is 5.93. The van der Waals surface area contributed by atoms with Gasteiger partial charge in [0.15, 0.2) is 0 Å². The monoisotopic (exact) mass is 252 g/mol. The number of nitrogens with one attached hydrogen (secondary N) is 2. The third-order valence-corrected chi connectivity index (χ3v) is 2.01. The second kappa shape index (κ2) is 6.24. The Hall–Kier alpha value is -2.57. The molecule has 1 aromatic carbocycles. The Kier molecular flexibility index (Phi) is 4.67. The standard InChI is InChI=1S/C11H12N2O5/c14-9(15)6-8(10(16)17)13-11(18)12-7-4-2-1-3-5-7/h1-5,8H,6H2,(H,14,15)(H,16,17)(H2,12,13,18). The molecule has 1 unspecified atom stereocenters. The fourth-order valence-electron chi connectivity index (χ4n) is 1.22. The van der Waals surface area contributed by atoms with Gasteiger partial charge in [-0.05, 0) is 12.1 Å². The molecule has 0 saturated heterocycles. The number of benzene rings is 1. The molecule has 0 aliphatic carbocycles. The third kappa shape index (κ3) is 4.52. The zero-order valence-electron chi connectivity index (χ0n) is 9.29. The molecule has 7 nitrogen and oxygen atoms in total. The lowest BCUT2D eigenvalue weighted by atomic mass is 10.2. The van der Waals surface area contributed by atoms with E-state index in [1.165, 1.54) is 0 Å². The number of anilines is 1. The number of carboxylic acids is 2. The second-order valence-electron chi connectivity index (χ2n) is 3.45. The first kappa shape index (κ1) is 13.5. The summed E-state index contributed by atoms with van der Waals surface area (Å²) < 4.78 is 0. The fraction of sp³-hybridized carbons (Fsp3) is 0.182. The first-order valence-electron chi connectivity index (χ1n) is 5.06. The molecule has 96 valence electrons. The molecule has 0 aliphatic rings. The molecule has 0 spiro atoms. The Labute approximate surface area is 102 Å². The van der Waals surface area contributed by atoms with Crippen molar-refractivity contribution in [2.45, 2.75) is 12.5 Å². The Morgan fingerprint density at radius 2 is 1.72 bits per heavy atom. The number of aliphatic carboxylic acids is 2. The maximum absolute atomic E-state index is 11.4. The maximum Gasteiger partial charge on any atom is 0.326 e. The number of para-hydroxylation sites is 1. The fourth-order valence-corrected chi connectivity index (χ4v) is 1.22. The van der Waals surface area contributed by atoms with E-state index >= 15 is 0 Å². The van der Waals surface area contributed by atoms with Gasteiger partial charge in [0.05, 0.1) is 6.42 Å². The number of carbonyl (C=O) groups is 3. The van der Waals surface area contributed by atoms with Crippen LogP contribution in [0.3, 0.4) is 0 Å². The summed E-state index contributed by atoms with van der Waals surface area (Å²) in [5.74, 6) is -2.71. The van der Waals surface area contributed by atoms with Gasteiger partial charge in [0.25, 0.3) is 0 Å². The Balaban J connectivity index is 2.56. The van der Waals surface area contributed by atoms with Gasteiger partial charge in [-0.15, -0.1) is 0 Å². The third-order valence-electron chi connectivity index (χ3n) is 2.01. The van der Waals surface area contributed by atoms with Gasteiger partial charge in [0, 0.05) is 5.69 Å². The molecule has 18 heavy (non-hydrogen) atoms. The van der Waals surface area contributed by atoms with Crippen LogP contribution in [0.4, 0.5) is 10.5 Å². The molecule has 4 N–H and O–H groups in total. The topological polar surface area (TPSA) is 116 Å². The summed E-state index contributed by atoms with van der Waals surface area (Å²) in [5.41, 5.74) is 0.481. The normalized spacial score (nSPS) is 11.3. The molecule has 0 bridgehead atoms. The van der Waals surface area contributed by atoms with Gasteiger partial charge >= 0.3 is 18.0 Å². The lowest BCUT2D eigenvalue weighted by Crippen LogP contribution is -2.44. The van der Waals surface area contributed by atoms with Crippen LogP contribution in [0, 0.1) is 0 Å². The minimum Gasteiger partial charge on any atom is -0.481 e. The van der Waals surface area contributed by atoms with E-state index in [9.17, 15) is 14.4 Å². The largest absolute Gasteiger partial charge is 0.481 e. The predicted molar refractivity (Wildman–Crippen MR) is 62.3 cm³/mol. The van der Waals surface area contributed by atoms with Crippen LogP contribution in [0.5, 0.6) is 0 Å². The van der Waals surface area contributed by atoms with E-state index in [1.807, 2.05) is 0 Å². The molecule has 2 amide bonds. The molecule has 0 aromatic heterocycles. The number of urea groups is 1. The second-order valence-corrected chi connectivity index (χ2v) is 3.45. The van der Waals surface area contributed by atoms with Crippen molar-refractivity contribution in [2.75, 3.05) is 5.32 Å². The molecule has 0 heterocycles. The molecule has 0 saturated carbocycles. The summed E-state index contributed by atoms with van der Waals surface area (Å²) in [6.45, 7) is 0. The van der Waals surface area contributed by atoms with Gasteiger partial charge in [0.1, 0.15) is 6.04 Å². The van der Waals surface area contributed by atoms with Crippen molar-refractivity contribution >= 4 is 23.7 Å². The van der Waals surface area contributed by atoms with Crippen molar-refractivity contribution < 1.29 is 24.6 Å². The smallest absolute Gasteiger partial charge is 0.326 e. The average molecular weight is 252 g/mol. The summed E-state index contributed by atoms with van der Waals surface area (Å²) in [6.07, 6.45) is -0.683. The highest BCUT2D eigenvalue weighted by atomic mass is 16.4. The van der Waals surface area contributed by atoms with Crippen molar-refractivity contribution in [2.24, 2.45) is 0 Å². The molecule has 1 atom stereocenters. The molecule has 0 radical (unpaired) electrons. The van der Waals surface area contributed by atoms with E-state index in [0.29, 0.717) is 5.69 Å². The van der Waals surface area contributed by atoms with Gasteiger partial charge in [-0.25, -0.2) is 9.59 Å². The predicted octanol–water partition coefficient (Wildman–Crippen LogP) is 0.736. The van der Waals surface area contributed by atoms with Crippen molar-refractivity contribution in [1.82, 2.24) is 5.32 Å². The van der Waals surface area contributed by atoms with Gasteiger partial charge in [-0.3, -0.25) is 4.79 Å². The van der Waals surface area contributed by atoms with E-state index < -0.39 is 30.4 Å². The van der Waals surface area contributed by atoms with E-state index in [4.69, 9.17) is 10.2 Å². The molecule has 7 heteroatoms. The minimum absolute atomic E-state index is 0.481. The number of amides is 2. The van der Waals surface area contributed by atoms with E-state index in [2.05, 4.69) is 10.6 Å². The molecule has 0 fully saturated rings. The first-order chi connectivity index (χ1) is 8.49. The number of carbonyl (C=O) groups excluding carboxylic acids is 1. The molecule has 1 aromatic rings. The highest BCUT2D eigenvalue weighted by Gasteiger charge is 2.22. The quantitative estimate of drug-likeness (QED) is 0.616.